The normalized spacial score (nSPS) is 10.2. The first-order valence-corrected chi connectivity index (χ1v) is 7.67. The second-order valence-corrected chi connectivity index (χ2v) is 5.65. The largest absolute Gasteiger partial charge is 0.362 e. The summed E-state index contributed by atoms with van der Waals surface area (Å²) in [4.78, 5) is 4.26. The van der Waals surface area contributed by atoms with Crippen LogP contribution < -0.4 is 10.6 Å². The lowest BCUT2D eigenvalue weighted by atomic mass is 10.2. The highest BCUT2D eigenvalue weighted by molar-refractivity contribution is 7.80. The molecule has 0 spiro atoms. The van der Waals surface area contributed by atoms with Crippen LogP contribution in [0.15, 0.2) is 42.6 Å². The summed E-state index contributed by atoms with van der Waals surface area (Å²) in [7, 11) is 0. The smallest absolute Gasteiger partial charge is 0.166 e. The summed E-state index contributed by atoms with van der Waals surface area (Å²) >= 11 is 17.1. The van der Waals surface area contributed by atoms with Gasteiger partial charge in [0.05, 0.1) is 10.0 Å². The van der Waals surface area contributed by atoms with Gasteiger partial charge in [0.2, 0.25) is 0 Å². The van der Waals surface area contributed by atoms with Crippen molar-refractivity contribution in [1.82, 2.24) is 15.6 Å². The highest BCUT2D eigenvalue weighted by atomic mass is 35.5. The van der Waals surface area contributed by atoms with Crippen LogP contribution in [0.4, 0.5) is 0 Å². The zero-order valence-corrected chi connectivity index (χ0v) is 13.6. The monoisotopic (exact) mass is 339 g/mol. The van der Waals surface area contributed by atoms with Crippen LogP contribution in [-0.4, -0.2) is 16.6 Å². The fraction of sp³-hybridized carbons (Fsp3) is 0.200. The fourth-order valence-electron chi connectivity index (χ4n) is 1.74. The molecule has 21 heavy (non-hydrogen) atoms. The summed E-state index contributed by atoms with van der Waals surface area (Å²) in [6, 6.07) is 11.4. The first-order chi connectivity index (χ1) is 10.1. The first-order valence-electron chi connectivity index (χ1n) is 6.50. The Morgan fingerprint density at radius 2 is 1.95 bits per heavy atom. The van der Waals surface area contributed by atoms with Crippen LogP contribution in [0.25, 0.3) is 0 Å². The van der Waals surface area contributed by atoms with Gasteiger partial charge in [0.15, 0.2) is 5.11 Å². The minimum atomic E-state index is 0.546. The molecule has 2 rings (SSSR count). The number of aromatic nitrogens is 1. The third kappa shape index (κ3) is 5.50. The molecule has 0 aliphatic heterocycles. The van der Waals surface area contributed by atoms with E-state index in [-0.39, 0.29) is 0 Å². The Labute approximate surface area is 139 Å². The predicted octanol–water partition coefficient (Wildman–Crippen LogP) is 3.60. The molecule has 0 unspecified atom stereocenters. The van der Waals surface area contributed by atoms with Gasteiger partial charge in [-0.1, -0.05) is 35.3 Å². The van der Waals surface area contributed by atoms with Crippen LogP contribution in [0, 0.1) is 0 Å². The molecule has 1 aromatic carbocycles. The van der Waals surface area contributed by atoms with Gasteiger partial charge >= 0.3 is 0 Å². The van der Waals surface area contributed by atoms with Crippen LogP contribution in [0.3, 0.4) is 0 Å². The van der Waals surface area contributed by atoms with Gasteiger partial charge in [0, 0.05) is 31.4 Å². The van der Waals surface area contributed by atoms with Gasteiger partial charge in [-0.3, -0.25) is 4.98 Å². The predicted molar refractivity (Wildman–Crippen MR) is 91.8 cm³/mol. The van der Waals surface area contributed by atoms with Gasteiger partial charge in [0.25, 0.3) is 0 Å². The van der Waals surface area contributed by atoms with E-state index in [0.717, 1.165) is 24.2 Å². The van der Waals surface area contributed by atoms with Crippen LogP contribution >= 0.6 is 35.4 Å². The molecule has 0 bridgehead atoms. The summed E-state index contributed by atoms with van der Waals surface area (Å²) in [6.07, 6.45) is 2.62. The lowest BCUT2D eigenvalue weighted by molar-refractivity contribution is 0.802. The van der Waals surface area contributed by atoms with Crippen LogP contribution in [-0.2, 0) is 13.0 Å². The third-order valence-electron chi connectivity index (χ3n) is 2.83. The molecule has 2 N–H and O–H groups in total. The molecule has 0 aliphatic carbocycles. The SMILES string of the molecule is S=C(NCCc1ccccn1)NCc1ccc(Cl)c(Cl)c1. The molecule has 0 amide bonds. The highest BCUT2D eigenvalue weighted by Gasteiger charge is 2.01. The van der Waals surface area contributed by atoms with Gasteiger partial charge < -0.3 is 10.6 Å². The number of benzene rings is 1. The number of pyridine rings is 1. The Bertz CT molecular complexity index is 605. The Balaban J connectivity index is 1.71. The summed E-state index contributed by atoms with van der Waals surface area (Å²) in [6.45, 7) is 1.34. The lowest BCUT2D eigenvalue weighted by Crippen LogP contribution is -2.36. The topological polar surface area (TPSA) is 37.0 Å². The van der Waals surface area contributed by atoms with Crippen molar-refractivity contribution >= 4 is 40.5 Å². The fourth-order valence-corrected chi connectivity index (χ4v) is 2.24. The second kappa shape index (κ2) is 8.17. The van der Waals surface area contributed by atoms with E-state index in [0.29, 0.717) is 21.7 Å². The molecule has 1 heterocycles. The number of halogens is 2. The van der Waals surface area contributed by atoms with E-state index in [2.05, 4.69) is 15.6 Å². The molecule has 6 heteroatoms. The maximum atomic E-state index is 5.97. The quantitative estimate of drug-likeness (QED) is 0.816. The standard InChI is InChI=1S/C15H15Cl2N3S/c16-13-5-4-11(9-14(13)17)10-20-15(21)19-8-6-12-3-1-2-7-18-12/h1-5,7,9H,6,8,10H2,(H2,19,20,21). The summed E-state index contributed by atoms with van der Waals surface area (Å²) in [5.41, 5.74) is 2.07. The van der Waals surface area contributed by atoms with Crippen molar-refractivity contribution in [3.63, 3.8) is 0 Å². The van der Waals surface area contributed by atoms with Crippen molar-refractivity contribution in [2.75, 3.05) is 6.54 Å². The Morgan fingerprint density at radius 1 is 1.10 bits per heavy atom. The van der Waals surface area contributed by atoms with Crippen LogP contribution in [0.5, 0.6) is 0 Å². The van der Waals surface area contributed by atoms with Crippen molar-refractivity contribution in [2.45, 2.75) is 13.0 Å². The summed E-state index contributed by atoms with van der Waals surface area (Å²) in [5.74, 6) is 0. The number of rotatable bonds is 5. The molecular weight excluding hydrogens is 325 g/mol. The van der Waals surface area contributed by atoms with E-state index >= 15 is 0 Å². The lowest BCUT2D eigenvalue weighted by Gasteiger charge is -2.10. The molecule has 0 saturated carbocycles. The molecule has 0 aliphatic rings. The van der Waals surface area contributed by atoms with Crippen molar-refractivity contribution in [3.05, 3.63) is 63.9 Å². The molecule has 0 fully saturated rings. The third-order valence-corrected chi connectivity index (χ3v) is 3.86. The maximum Gasteiger partial charge on any atom is 0.166 e. The number of nitrogens with zero attached hydrogens (tertiary/aromatic N) is 1. The Kier molecular flexibility index (Phi) is 6.23. The van der Waals surface area contributed by atoms with E-state index in [1.165, 1.54) is 0 Å². The zero-order valence-electron chi connectivity index (χ0n) is 11.3. The van der Waals surface area contributed by atoms with Gasteiger partial charge in [-0.25, -0.2) is 0 Å². The maximum absolute atomic E-state index is 5.97. The van der Waals surface area contributed by atoms with E-state index in [9.17, 15) is 0 Å². The molecule has 0 atom stereocenters. The number of hydrogen-bond donors (Lipinski definition) is 2. The number of thiocarbonyl (C=S) groups is 1. The zero-order chi connectivity index (χ0) is 15.1. The summed E-state index contributed by atoms with van der Waals surface area (Å²) < 4.78 is 0. The molecule has 0 saturated heterocycles. The van der Waals surface area contributed by atoms with Gasteiger partial charge in [-0.2, -0.15) is 0 Å². The highest BCUT2D eigenvalue weighted by Crippen LogP contribution is 2.22. The average Bonchev–Trinajstić information content (AvgIpc) is 2.49. The van der Waals surface area contributed by atoms with Crippen molar-refractivity contribution < 1.29 is 0 Å². The minimum Gasteiger partial charge on any atom is -0.362 e. The van der Waals surface area contributed by atoms with E-state index < -0.39 is 0 Å². The molecule has 3 nitrogen and oxygen atoms in total. The molecule has 110 valence electrons. The van der Waals surface area contributed by atoms with Crippen molar-refractivity contribution in [2.24, 2.45) is 0 Å². The van der Waals surface area contributed by atoms with E-state index in [1.807, 2.05) is 30.3 Å². The van der Waals surface area contributed by atoms with Gasteiger partial charge in [-0.15, -0.1) is 0 Å². The second-order valence-electron chi connectivity index (χ2n) is 4.43. The van der Waals surface area contributed by atoms with Crippen LogP contribution in [0.1, 0.15) is 11.3 Å². The van der Waals surface area contributed by atoms with Gasteiger partial charge in [-0.05, 0) is 42.0 Å². The minimum absolute atomic E-state index is 0.546. The van der Waals surface area contributed by atoms with E-state index in [4.69, 9.17) is 35.4 Å². The molecule has 1 aromatic heterocycles. The molecule has 2 aromatic rings. The first kappa shape index (κ1) is 16.0. The number of nitrogens with one attached hydrogen (secondary N) is 2. The average molecular weight is 340 g/mol. The Hall–Kier alpha value is -1.36. The number of hydrogen-bond acceptors (Lipinski definition) is 2. The van der Waals surface area contributed by atoms with Gasteiger partial charge in [0.1, 0.15) is 0 Å². The van der Waals surface area contributed by atoms with Crippen molar-refractivity contribution in [3.8, 4) is 0 Å². The Morgan fingerprint density at radius 3 is 2.67 bits per heavy atom. The van der Waals surface area contributed by atoms with E-state index in [1.54, 1.807) is 12.3 Å². The van der Waals surface area contributed by atoms with Crippen LogP contribution in [0.2, 0.25) is 10.0 Å². The molecule has 0 radical (unpaired) electrons. The van der Waals surface area contributed by atoms with Crippen molar-refractivity contribution in [1.29, 1.82) is 0 Å². The summed E-state index contributed by atoms with van der Waals surface area (Å²) in [5, 5.41) is 7.99. The molecular formula is C15H15Cl2N3S.